The van der Waals surface area contributed by atoms with Crippen molar-refractivity contribution in [1.82, 2.24) is 5.32 Å². The molecule has 0 fully saturated rings. The smallest absolute Gasteiger partial charge is 0.220 e. The zero-order valence-electron chi connectivity index (χ0n) is 12.6. The SMILES string of the molecule is CC1(C)Oc2ccc(C#N)cc2[C@H](NC(=O)CCCCl)[C@H]1O. The molecule has 0 saturated carbocycles. The molecule has 0 radical (unpaired) electrons. The number of amides is 1. The normalized spacial score (nSPS) is 22.1. The molecule has 2 N–H and O–H groups in total. The van der Waals surface area contributed by atoms with Crippen molar-refractivity contribution < 1.29 is 14.6 Å². The van der Waals surface area contributed by atoms with E-state index in [9.17, 15) is 9.90 Å². The molecule has 5 nitrogen and oxygen atoms in total. The fourth-order valence-electron chi connectivity index (χ4n) is 2.50. The minimum absolute atomic E-state index is 0.185. The first-order chi connectivity index (χ1) is 10.4. The number of aliphatic hydroxyl groups excluding tert-OH is 1. The fraction of sp³-hybridized carbons (Fsp3) is 0.500. The van der Waals surface area contributed by atoms with Gasteiger partial charge in [0.2, 0.25) is 5.91 Å². The molecule has 0 aliphatic carbocycles. The average molecular weight is 323 g/mol. The molecule has 0 bridgehead atoms. The number of rotatable bonds is 4. The van der Waals surface area contributed by atoms with Crippen molar-refractivity contribution in [2.45, 2.75) is 44.4 Å². The standard InChI is InChI=1S/C16H19ClN2O3/c1-16(2)15(21)14(19-13(20)4-3-7-17)11-8-10(9-18)5-6-12(11)22-16/h5-6,8,14-15,21H,3-4,7H2,1-2H3,(H,19,20)/t14-,15+/m0/s1. The zero-order chi connectivity index (χ0) is 16.3. The summed E-state index contributed by atoms with van der Waals surface area (Å²) in [5.74, 6) is 0.789. The third kappa shape index (κ3) is 3.34. The molecular weight excluding hydrogens is 304 g/mol. The number of ether oxygens (including phenoxy) is 1. The van der Waals surface area contributed by atoms with Crippen molar-refractivity contribution in [3.8, 4) is 11.8 Å². The van der Waals surface area contributed by atoms with Gasteiger partial charge in [-0.3, -0.25) is 4.79 Å². The molecule has 1 aromatic carbocycles. The molecule has 1 heterocycles. The molecule has 0 unspecified atom stereocenters. The summed E-state index contributed by atoms with van der Waals surface area (Å²) in [6.07, 6.45) is -0.0588. The van der Waals surface area contributed by atoms with E-state index in [-0.39, 0.29) is 5.91 Å². The monoisotopic (exact) mass is 322 g/mol. The first-order valence-electron chi connectivity index (χ1n) is 7.15. The van der Waals surface area contributed by atoms with Crippen LogP contribution in [0.1, 0.15) is 43.9 Å². The van der Waals surface area contributed by atoms with Crippen LogP contribution in [-0.2, 0) is 4.79 Å². The number of halogens is 1. The maximum Gasteiger partial charge on any atom is 0.220 e. The van der Waals surface area contributed by atoms with Crippen LogP contribution >= 0.6 is 11.6 Å². The van der Waals surface area contributed by atoms with Crippen molar-refractivity contribution in [3.63, 3.8) is 0 Å². The summed E-state index contributed by atoms with van der Waals surface area (Å²) in [4.78, 5) is 12.0. The van der Waals surface area contributed by atoms with E-state index in [0.29, 0.717) is 35.6 Å². The minimum Gasteiger partial charge on any atom is -0.485 e. The van der Waals surface area contributed by atoms with E-state index in [1.54, 1.807) is 32.0 Å². The zero-order valence-corrected chi connectivity index (χ0v) is 13.4. The molecule has 1 aliphatic rings. The Labute approximate surface area is 134 Å². The second-order valence-electron chi connectivity index (χ2n) is 5.85. The molecule has 2 atom stereocenters. The lowest BCUT2D eigenvalue weighted by Gasteiger charge is -2.42. The Hall–Kier alpha value is -1.77. The van der Waals surface area contributed by atoms with Gasteiger partial charge in [0.25, 0.3) is 0 Å². The summed E-state index contributed by atoms with van der Waals surface area (Å²) in [6.45, 7) is 3.52. The molecule has 0 spiro atoms. The first-order valence-corrected chi connectivity index (χ1v) is 7.69. The van der Waals surface area contributed by atoms with Gasteiger partial charge in [-0.15, -0.1) is 11.6 Å². The Morgan fingerprint density at radius 2 is 2.27 bits per heavy atom. The van der Waals surface area contributed by atoms with Gasteiger partial charge >= 0.3 is 0 Å². The topological polar surface area (TPSA) is 82.3 Å². The van der Waals surface area contributed by atoms with E-state index in [2.05, 4.69) is 11.4 Å². The van der Waals surface area contributed by atoms with E-state index >= 15 is 0 Å². The van der Waals surface area contributed by atoms with Crippen molar-refractivity contribution in [2.24, 2.45) is 0 Å². The van der Waals surface area contributed by atoms with Crippen LogP contribution in [0.4, 0.5) is 0 Å². The molecule has 118 valence electrons. The summed E-state index contributed by atoms with van der Waals surface area (Å²) < 4.78 is 5.79. The van der Waals surface area contributed by atoms with E-state index in [1.165, 1.54) is 0 Å². The van der Waals surface area contributed by atoms with Gasteiger partial charge < -0.3 is 15.2 Å². The molecular formula is C16H19ClN2O3. The molecule has 1 aliphatic heterocycles. The van der Waals surface area contributed by atoms with Crippen LogP contribution in [0, 0.1) is 11.3 Å². The number of nitriles is 1. The van der Waals surface area contributed by atoms with Crippen LogP contribution in [0.5, 0.6) is 5.75 Å². The Morgan fingerprint density at radius 3 is 2.91 bits per heavy atom. The molecule has 1 aromatic rings. The van der Waals surface area contributed by atoms with Gasteiger partial charge in [-0.1, -0.05) is 0 Å². The Balaban J connectivity index is 2.34. The van der Waals surface area contributed by atoms with Crippen molar-refractivity contribution in [3.05, 3.63) is 29.3 Å². The Morgan fingerprint density at radius 1 is 1.55 bits per heavy atom. The molecule has 6 heteroatoms. The predicted molar refractivity (Wildman–Crippen MR) is 82.7 cm³/mol. The summed E-state index contributed by atoms with van der Waals surface area (Å²) in [6, 6.07) is 6.42. The number of carbonyl (C=O) groups is 1. The number of alkyl halides is 1. The highest BCUT2D eigenvalue weighted by atomic mass is 35.5. The lowest BCUT2D eigenvalue weighted by Crippen LogP contribution is -2.53. The van der Waals surface area contributed by atoms with Gasteiger partial charge in [0.15, 0.2) is 0 Å². The van der Waals surface area contributed by atoms with Crippen LogP contribution in [0.25, 0.3) is 0 Å². The maximum absolute atomic E-state index is 12.0. The number of nitrogens with one attached hydrogen (secondary N) is 1. The maximum atomic E-state index is 12.0. The van der Waals surface area contributed by atoms with Crippen LogP contribution in [-0.4, -0.2) is 28.6 Å². The van der Waals surface area contributed by atoms with Gasteiger partial charge in [0.1, 0.15) is 17.5 Å². The molecule has 0 saturated heterocycles. The van der Waals surface area contributed by atoms with Crippen LogP contribution in [0.2, 0.25) is 0 Å². The third-order valence-corrected chi connectivity index (χ3v) is 4.00. The van der Waals surface area contributed by atoms with Crippen LogP contribution in [0.15, 0.2) is 18.2 Å². The van der Waals surface area contributed by atoms with Crippen molar-refractivity contribution in [2.75, 3.05) is 5.88 Å². The Kier molecular flexibility index (Phi) is 4.94. The van der Waals surface area contributed by atoms with Gasteiger partial charge in [0.05, 0.1) is 17.7 Å². The van der Waals surface area contributed by atoms with Gasteiger partial charge in [-0.05, 0) is 38.5 Å². The minimum atomic E-state index is -0.922. The molecule has 0 aromatic heterocycles. The third-order valence-electron chi connectivity index (χ3n) is 3.73. The van der Waals surface area contributed by atoms with Crippen molar-refractivity contribution >= 4 is 17.5 Å². The molecule has 22 heavy (non-hydrogen) atoms. The Bertz CT molecular complexity index is 610. The van der Waals surface area contributed by atoms with E-state index in [0.717, 1.165) is 0 Å². The average Bonchev–Trinajstić information content (AvgIpc) is 2.49. The van der Waals surface area contributed by atoms with Gasteiger partial charge in [-0.25, -0.2) is 0 Å². The summed E-state index contributed by atoms with van der Waals surface area (Å²) in [5.41, 5.74) is 0.227. The van der Waals surface area contributed by atoms with Gasteiger partial charge in [-0.2, -0.15) is 5.26 Å². The number of hydrogen-bond donors (Lipinski definition) is 2. The summed E-state index contributed by atoms with van der Waals surface area (Å²) in [5, 5.41) is 22.4. The van der Waals surface area contributed by atoms with E-state index in [4.69, 9.17) is 21.6 Å². The second kappa shape index (κ2) is 6.55. The second-order valence-corrected chi connectivity index (χ2v) is 6.23. The number of benzene rings is 1. The van der Waals surface area contributed by atoms with E-state index < -0.39 is 17.7 Å². The fourth-order valence-corrected chi connectivity index (χ4v) is 2.63. The molecule has 2 rings (SSSR count). The predicted octanol–water partition coefficient (Wildman–Crippen LogP) is 2.27. The van der Waals surface area contributed by atoms with Gasteiger partial charge in [0, 0.05) is 17.9 Å². The molecule has 1 amide bonds. The highest BCUT2D eigenvalue weighted by Gasteiger charge is 2.43. The highest BCUT2D eigenvalue weighted by Crippen LogP contribution is 2.40. The number of fused-ring (bicyclic) bond motifs is 1. The number of hydrogen-bond acceptors (Lipinski definition) is 4. The lowest BCUT2D eigenvalue weighted by molar-refractivity contribution is -0.125. The quantitative estimate of drug-likeness (QED) is 0.833. The lowest BCUT2D eigenvalue weighted by atomic mass is 9.86. The summed E-state index contributed by atoms with van der Waals surface area (Å²) in [7, 11) is 0. The van der Waals surface area contributed by atoms with Crippen LogP contribution in [0.3, 0.4) is 0 Å². The number of nitrogens with zero attached hydrogens (tertiary/aromatic N) is 1. The number of aliphatic hydroxyl groups is 1. The largest absolute Gasteiger partial charge is 0.485 e. The van der Waals surface area contributed by atoms with E-state index in [1.807, 2.05) is 0 Å². The summed E-state index contributed by atoms with van der Waals surface area (Å²) >= 11 is 5.60. The van der Waals surface area contributed by atoms with Crippen LogP contribution < -0.4 is 10.1 Å². The number of carbonyl (C=O) groups excluding carboxylic acids is 1. The van der Waals surface area contributed by atoms with Crippen molar-refractivity contribution in [1.29, 1.82) is 5.26 Å². The highest BCUT2D eigenvalue weighted by molar-refractivity contribution is 6.17. The first kappa shape index (κ1) is 16.6.